The second kappa shape index (κ2) is 4.69. The smallest absolute Gasteiger partial charge is 0.341 e. The number of alkyl halides is 2. The molecule has 1 aromatic heterocycles. The van der Waals surface area contributed by atoms with Crippen LogP contribution in [0.2, 0.25) is 0 Å². The molecular weight excluding hydrogens is 323 g/mol. The highest BCUT2D eigenvalue weighted by molar-refractivity contribution is 14.1. The van der Waals surface area contributed by atoms with Gasteiger partial charge in [0.25, 0.3) is 6.43 Å². The highest BCUT2D eigenvalue weighted by Gasteiger charge is 2.24. The van der Waals surface area contributed by atoms with Gasteiger partial charge < -0.3 is 9.84 Å². The van der Waals surface area contributed by atoms with E-state index in [-0.39, 0.29) is 15.0 Å². The van der Waals surface area contributed by atoms with E-state index in [2.05, 4.69) is 9.72 Å². The predicted molar refractivity (Wildman–Crippen MR) is 55.4 cm³/mol. The largest absolute Gasteiger partial charge is 0.495 e. The van der Waals surface area contributed by atoms with Crippen LogP contribution in [0, 0.1) is 3.70 Å². The van der Waals surface area contributed by atoms with Gasteiger partial charge in [0.2, 0.25) is 0 Å². The van der Waals surface area contributed by atoms with Gasteiger partial charge in [-0.15, -0.1) is 0 Å². The Morgan fingerprint density at radius 3 is 2.67 bits per heavy atom. The Morgan fingerprint density at radius 2 is 2.27 bits per heavy atom. The predicted octanol–water partition coefficient (Wildman–Crippen LogP) is 2.33. The maximum Gasteiger partial charge on any atom is 0.341 e. The van der Waals surface area contributed by atoms with Gasteiger partial charge in [-0.1, -0.05) is 0 Å². The van der Waals surface area contributed by atoms with E-state index in [0.717, 1.165) is 13.3 Å². The summed E-state index contributed by atoms with van der Waals surface area (Å²) in [6, 6.07) is 0. The molecule has 7 heteroatoms. The highest BCUT2D eigenvalue weighted by Crippen LogP contribution is 2.34. The summed E-state index contributed by atoms with van der Waals surface area (Å²) in [4.78, 5) is 14.3. The summed E-state index contributed by atoms with van der Waals surface area (Å²) in [7, 11) is 1.14. The Balaban J connectivity index is 3.47. The molecule has 0 atom stereocenters. The molecule has 0 radical (unpaired) electrons. The Hall–Kier alpha value is -0.990. The molecule has 0 spiro atoms. The van der Waals surface area contributed by atoms with Gasteiger partial charge in [0, 0.05) is 6.20 Å². The van der Waals surface area contributed by atoms with E-state index < -0.39 is 18.0 Å². The summed E-state index contributed by atoms with van der Waals surface area (Å²) in [5, 5.41) is 8.73. The second-order valence-corrected chi connectivity index (χ2v) is 3.54. The minimum Gasteiger partial charge on any atom is -0.495 e. The number of ether oxygens (including phenoxy) is 1. The normalized spacial score (nSPS) is 10.5. The molecule has 0 aliphatic carbocycles. The van der Waals surface area contributed by atoms with Crippen molar-refractivity contribution in [3.05, 3.63) is 21.0 Å². The van der Waals surface area contributed by atoms with Crippen LogP contribution < -0.4 is 4.74 Å². The van der Waals surface area contributed by atoms with Gasteiger partial charge in [0.1, 0.15) is 15.0 Å². The van der Waals surface area contributed by atoms with E-state index in [9.17, 15) is 13.6 Å². The first-order valence-corrected chi connectivity index (χ1v) is 4.80. The van der Waals surface area contributed by atoms with Crippen molar-refractivity contribution >= 4 is 28.6 Å². The molecule has 1 rings (SSSR count). The van der Waals surface area contributed by atoms with Crippen molar-refractivity contribution in [1.82, 2.24) is 4.98 Å². The lowest BCUT2D eigenvalue weighted by molar-refractivity contribution is 0.0691. The van der Waals surface area contributed by atoms with E-state index >= 15 is 0 Å². The third kappa shape index (κ3) is 2.33. The van der Waals surface area contributed by atoms with Crippen molar-refractivity contribution in [2.75, 3.05) is 7.11 Å². The van der Waals surface area contributed by atoms with Gasteiger partial charge in [-0.05, 0) is 22.6 Å². The molecule has 15 heavy (non-hydrogen) atoms. The summed E-state index contributed by atoms with van der Waals surface area (Å²) in [6.45, 7) is 0. The molecule has 0 aromatic carbocycles. The molecule has 82 valence electrons. The van der Waals surface area contributed by atoms with Crippen molar-refractivity contribution < 1.29 is 23.4 Å². The first-order valence-electron chi connectivity index (χ1n) is 3.72. The summed E-state index contributed by atoms with van der Waals surface area (Å²) in [5.41, 5.74) is -0.855. The number of aromatic carboxylic acids is 1. The first kappa shape index (κ1) is 12.1. The average Bonchev–Trinajstić information content (AvgIpc) is 2.15. The quantitative estimate of drug-likeness (QED) is 0.683. The van der Waals surface area contributed by atoms with Crippen molar-refractivity contribution in [2.45, 2.75) is 6.43 Å². The van der Waals surface area contributed by atoms with Crippen LogP contribution in [-0.2, 0) is 0 Å². The number of rotatable bonds is 3. The average molecular weight is 329 g/mol. The summed E-state index contributed by atoms with van der Waals surface area (Å²) < 4.78 is 29.9. The lowest BCUT2D eigenvalue weighted by atomic mass is 10.2. The van der Waals surface area contributed by atoms with Gasteiger partial charge in [-0.2, -0.15) is 0 Å². The molecule has 1 aromatic rings. The number of halogens is 3. The van der Waals surface area contributed by atoms with E-state index in [1.54, 1.807) is 22.6 Å². The lowest BCUT2D eigenvalue weighted by Gasteiger charge is -2.11. The molecule has 4 nitrogen and oxygen atoms in total. The Kier molecular flexibility index (Phi) is 3.77. The summed E-state index contributed by atoms with van der Waals surface area (Å²) >= 11 is 1.60. The maximum absolute atomic E-state index is 12.6. The zero-order valence-corrected chi connectivity index (χ0v) is 9.66. The van der Waals surface area contributed by atoms with Crippen LogP contribution in [0.25, 0.3) is 0 Å². The Labute approximate surface area is 97.4 Å². The molecule has 0 amide bonds. The third-order valence-electron chi connectivity index (χ3n) is 1.67. The second-order valence-electron chi connectivity index (χ2n) is 2.52. The molecule has 0 aliphatic rings. The first-order chi connectivity index (χ1) is 6.99. The van der Waals surface area contributed by atoms with Crippen molar-refractivity contribution in [3.63, 3.8) is 0 Å². The lowest BCUT2D eigenvalue weighted by Crippen LogP contribution is -2.07. The fourth-order valence-electron chi connectivity index (χ4n) is 1.05. The van der Waals surface area contributed by atoms with Crippen LogP contribution >= 0.6 is 22.6 Å². The third-order valence-corrected chi connectivity index (χ3v) is 2.53. The molecule has 0 saturated carbocycles. The zero-order valence-electron chi connectivity index (χ0n) is 7.50. The molecule has 0 aliphatic heterocycles. The number of nitrogens with zero attached hydrogens (tertiary/aromatic N) is 1. The standard InChI is InChI=1S/C8H6F2INO3/c1-15-5-3(8(13)14)2-12-7(11)4(5)6(9)10/h2,6H,1H3,(H,13,14). The minimum atomic E-state index is -2.82. The fourth-order valence-corrected chi connectivity index (χ4v) is 1.67. The van der Waals surface area contributed by atoms with Crippen LogP contribution in [0.15, 0.2) is 6.20 Å². The van der Waals surface area contributed by atoms with Crippen LogP contribution in [0.3, 0.4) is 0 Å². The number of carbonyl (C=O) groups is 1. The number of aromatic nitrogens is 1. The number of methoxy groups -OCH3 is 1. The van der Waals surface area contributed by atoms with Gasteiger partial charge in [-0.3, -0.25) is 0 Å². The molecule has 0 fully saturated rings. The van der Waals surface area contributed by atoms with Crippen molar-refractivity contribution in [2.24, 2.45) is 0 Å². The number of pyridine rings is 1. The van der Waals surface area contributed by atoms with Gasteiger partial charge in [0.15, 0.2) is 0 Å². The van der Waals surface area contributed by atoms with Gasteiger partial charge in [0.05, 0.1) is 12.7 Å². The topological polar surface area (TPSA) is 59.4 Å². The van der Waals surface area contributed by atoms with Crippen molar-refractivity contribution in [3.8, 4) is 5.75 Å². The zero-order chi connectivity index (χ0) is 11.6. The SMILES string of the molecule is COc1c(C(=O)O)cnc(I)c1C(F)F. The molecule has 0 bridgehead atoms. The molecule has 0 unspecified atom stereocenters. The number of hydrogen-bond donors (Lipinski definition) is 1. The van der Waals surface area contributed by atoms with Crippen LogP contribution in [-0.4, -0.2) is 23.2 Å². The minimum absolute atomic E-state index is 0.0319. The van der Waals surface area contributed by atoms with Gasteiger partial charge >= 0.3 is 5.97 Å². The van der Waals surface area contributed by atoms with Crippen LogP contribution in [0.1, 0.15) is 22.3 Å². The van der Waals surface area contributed by atoms with E-state index in [1.165, 1.54) is 0 Å². The molecule has 0 saturated heterocycles. The number of carboxylic acids is 1. The number of hydrogen-bond acceptors (Lipinski definition) is 3. The van der Waals surface area contributed by atoms with E-state index in [4.69, 9.17) is 5.11 Å². The molecular formula is C8H6F2INO3. The van der Waals surface area contributed by atoms with Gasteiger partial charge in [-0.25, -0.2) is 18.6 Å². The summed E-state index contributed by atoms with van der Waals surface area (Å²) in [6.07, 6.45) is -1.83. The Bertz CT molecular complexity index is 398. The maximum atomic E-state index is 12.6. The summed E-state index contributed by atoms with van der Waals surface area (Å²) in [5.74, 6) is -1.69. The van der Waals surface area contributed by atoms with Crippen LogP contribution in [0.4, 0.5) is 8.78 Å². The molecule has 1 heterocycles. The highest BCUT2D eigenvalue weighted by atomic mass is 127. The van der Waals surface area contributed by atoms with E-state index in [0.29, 0.717) is 0 Å². The Morgan fingerprint density at radius 1 is 1.67 bits per heavy atom. The van der Waals surface area contributed by atoms with Crippen LogP contribution in [0.5, 0.6) is 5.75 Å². The number of carboxylic acid groups (broad SMARTS) is 1. The van der Waals surface area contributed by atoms with Crippen molar-refractivity contribution in [1.29, 1.82) is 0 Å². The van der Waals surface area contributed by atoms with E-state index in [1.807, 2.05) is 0 Å². The monoisotopic (exact) mass is 329 g/mol. The molecule has 1 N–H and O–H groups in total. The fraction of sp³-hybridized carbons (Fsp3) is 0.250.